The largest absolute Gasteiger partial charge is 0.466 e. The standard InChI is InChI=1S/C14H19NO2/c1-4-13(15)12-7-5-6-11(9-12)8-10(2)14(16)17-3/h5-9,13H,4,15H2,1-3H3. The second kappa shape index (κ2) is 6.21. The predicted octanol–water partition coefficient (Wildman–Crippen LogP) is 2.67. The van der Waals surface area contributed by atoms with Crippen LogP contribution in [0.2, 0.25) is 0 Å². The van der Waals surface area contributed by atoms with Crippen LogP contribution in [0.5, 0.6) is 0 Å². The lowest BCUT2D eigenvalue weighted by Crippen LogP contribution is -2.08. The summed E-state index contributed by atoms with van der Waals surface area (Å²) in [6, 6.07) is 7.93. The molecule has 0 radical (unpaired) electrons. The number of carbonyl (C=O) groups is 1. The van der Waals surface area contributed by atoms with E-state index in [1.54, 1.807) is 13.0 Å². The van der Waals surface area contributed by atoms with Gasteiger partial charge in [-0.1, -0.05) is 31.2 Å². The van der Waals surface area contributed by atoms with Crippen LogP contribution in [-0.2, 0) is 9.53 Å². The average molecular weight is 233 g/mol. The highest BCUT2D eigenvalue weighted by Crippen LogP contribution is 2.17. The number of methoxy groups -OCH3 is 1. The van der Waals surface area contributed by atoms with E-state index < -0.39 is 0 Å². The third-order valence-corrected chi connectivity index (χ3v) is 2.67. The molecule has 3 nitrogen and oxygen atoms in total. The van der Waals surface area contributed by atoms with Gasteiger partial charge in [0.05, 0.1) is 7.11 Å². The van der Waals surface area contributed by atoms with E-state index in [1.807, 2.05) is 31.2 Å². The SMILES string of the molecule is CCC(N)c1cccc(C=C(C)C(=O)OC)c1. The van der Waals surface area contributed by atoms with Crippen LogP contribution < -0.4 is 5.73 Å². The molecule has 2 N–H and O–H groups in total. The van der Waals surface area contributed by atoms with Crippen LogP contribution in [0.3, 0.4) is 0 Å². The van der Waals surface area contributed by atoms with E-state index in [-0.39, 0.29) is 12.0 Å². The number of ether oxygens (including phenoxy) is 1. The van der Waals surface area contributed by atoms with E-state index in [4.69, 9.17) is 5.73 Å². The van der Waals surface area contributed by atoms with Gasteiger partial charge in [0.15, 0.2) is 0 Å². The normalized spacial score (nSPS) is 13.3. The van der Waals surface area contributed by atoms with Crippen LogP contribution in [0.4, 0.5) is 0 Å². The van der Waals surface area contributed by atoms with E-state index >= 15 is 0 Å². The van der Waals surface area contributed by atoms with Crippen molar-refractivity contribution in [3.05, 3.63) is 41.0 Å². The fraction of sp³-hybridized carbons (Fsp3) is 0.357. The maximum atomic E-state index is 11.3. The zero-order valence-electron chi connectivity index (χ0n) is 10.6. The maximum Gasteiger partial charge on any atom is 0.333 e. The zero-order valence-corrected chi connectivity index (χ0v) is 10.6. The van der Waals surface area contributed by atoms with Crippen molar-refractivity contribution >= 4 is 12.0 Å². The van der Waals surface area contributed by atoms with Gasteiger partial charge in [0, 0.05) is 11.6 Å². The van der Waals surface area contributed by atoms with Crippen molar-refractivity contribution in [3.63, 3.8) is 0 Å². The molecule has 0 fully saturated rings. The van der Waals surface area contributed by atoms with E-state index in [2.05, 4.69) is 4.74 Å². The molecule has 17 heavy (non-hydrogen) atoms. The highest BCUT2D eigenvalue weighted by Gasteiger charge is 2.05. The Labute approximate surface area is 102 Å². The van der Waals surface area contributed by atoms with Crippen LogP contribution in [0.1, 0.15) is 37.4 Å². The number of nitrogens with two attached hydrogens (primary N) is 1. The summed E-state index contributed by atoms with van der Waals surface area (Å²) in [5.74, 6) is -0.310. The molecular weight excluding hydrogens is 214 g/mol. The summed E-state index contributed by atoms with van der Waals surface area (Å²) in [5.41, 5.74) is 8.60. The summed E-state index contributed by atoms with van der Waals surface area (Å²) >= 11 is 0. The molecular formula is C14H19NO2. The second-order valence-corrected chi connectivity index (χ2v) is 4.00. The highest BCUT2D eigenvalue weighted by atomic mass is 16.5. The minimum atomic E-state index is -0.310. The first-order chi connectivity index (χ1) is 8.08. The van der Waals surface area contributed by atoms with Gasteiger partial charge in [0.2, 0.25) is 0 Å². The lowest BCUT2D eigenvalue weighted by Gasteiger charge is -2.09. The minimum Gasteiger partial charge on any atom is -0.466 e. The summed E-state index contributed by atoms with van der Waals surface area (Å²) in [6.45, 7) is 3.78. The summed E-state index contributed by atoms with van der Waals surface area (Å²) in [4.78, 5) is 11.3. The third kappa shape index (κ3) is 3.71. The van der Waals surface area contributed by atoms with Gasteiger partial charge in [-0.15, -0.1) is 0 Å². The van der Waals surface area contributed by atoms with Crippen LogP contribution in [0, 0.1) is 0 Å². The lowest BCUT2D eigenvalue weighted by molar-refractivity contribution is -0.135. The summed E-state index contributed by atoms with van der Waals surface area (Å²) in [5, 5.41) is 0. The Morgan fingerprint density at radius 1 is 1.53 bits per heavy atom. The molecule has 0 aromatic heterocycles. The van der Waals surface area contributed by atoms with Crippen molar-refractivity contribution in [2.75, 3.05) is 7.11 Å². The first-order valence-electron chi connectivity index (χ1n) is 5.70. The van der Waals surface area contributed by atoms with Gasteiger partial charge < -0.3 is 10.5 Å². The van der Waals surface area contributed by atoms with E-state index in [1.165, 1.54) is 7.11 Å². The average Bonchev–Trinajstić information content (AvgIpc) is 2.37. The van der Waals surface area contributed by atoms with Crippen molar-refractivity contribution in [2.45, 2.75) is 26.3 Å². The number of benzene rings is 1. The molecule has 1 aromatic carbocycles. The Morgan fingerprint density at radius 3 is 2.82 bits per heavy atom. The molecule has 0 amide bonds. The van der Waals surface area contributed by atoms with Crippen molar-refractivity contribution in [3.8, 4) is 0 Å². The number of rotatable bonds is 4. The fourth-order valence-corrected chi connectivity index (χ4v) is 1.59. The van der Waals surface area contributed by atoms with Gasteiger partial charge in [0.1, 0.15) is 0 Å². The van der Waals surface area contributed by atoms with E-state index in [0.717, 1.165) is 17.5 Å². The van der Waals surface area contributed by atoms with Gasteiger partial charge in [-0.2, -0.15) is 0 Å². The summed E-state index contributed by atoms with van der Waals surface area (Å²) in [7, 11) is 1.38. The molecule has 0 aliphatic heterocycles. The quantitative estimate of drug-likeness (QED) is 0.642. The van der Waals surface area contributed by atoms with Crippen molar-refractivity contribution in [2.24, 2.45) is 5.73 Å². The molecule has 0 aliphatic rings. The second-order valence-electron chi connectivity index (χ2n) is 4.00. The molecule has 1 rings (SSSR count). The molecule has 92 valence electrons. The van der Waals surface area contributed by atoms with Gasteiger partial charge in [-0.3, -0.25) is 0 Å². The summed E-state index contributed by atoms with van der Waals surface area (Å²) < 4.78 is 4.65. The molecule has 0 heterocycles. The van der Waals surface area contributed by atoms with E-state index in [0.29, 0.717) is 5.57 Å². The number of hydrogen-bond donors (Lipinski definition) is 1. The molecule has 0 aliphatic carbocycles. The van der Waals surface area contributed by atoms with Crippen LogP contribution in [0.15, 0.2) is 29.8 Å². The third-order valence-electron chi connectivity index (χ3n) is 2.67. The number of carbonyl (C=O) groups excluding carboxylic acids is 1. The first kappa shape index (κ1) is 13.5. The van der Waals surface area contributed by atoms with Crippen LogP contribution in [-0.4, -0.2) is 13.1 Å². The Balaban J connectivity index is 2.96. The van der Waals surface area contributed by atoms with Gasteiger partial charge in [-0.25, -0.2) is 4.79 Å². The Morgan fingerprint density at radius 2 is 2.24 bits per heavy atom. The predicted molar refractivity (Wildman–Crippen MR) is 69.3 cm³/mol. The van der Waals surface area contributed by atoms with Crippen molar-refractivity contribution in [1.82, 2.24) is 0 Å². The number of hydrogen-bond acceptors (Lipinski definition) is 3. The van der Waals surface area contributed by atoms with Crippen LogP contribution >= 0.6 is 0 Å². The van der Waals surface area contributed by atoms with Crippen molar-refractivity contribution in [1.29, 1.82) is 0 Å². The fourth-order valence-electron chi connectivity index (χ4n) is 1.59. The minimum absolute atomic E-state index is 0.0433. The smallest absolute Gasteiger partial charge is 0.333 e. The van der Waals surface area contributed by atoms with Gasteiger partial charge in [0.25, 0.3) is 0 Å². The zero-order chi connectivity index (χ0) is 12.8. The Kier molecular flexibility index (Phi) is 4.91. The Bertz CT molecular complexity index is 424. The molecule has 3 heteroatoms. The van der Waals surface area contributed by atoms with E-state index in [9.17, 15) is 4.79 Å². The summed E-state index contributed by atoms with van der Waals surface area (Å²) in [6.07, 6.45) is 2.70. The highest BCUT2D eigenvalue weighted by molar-refractivity contribution is 5.92. The molecule has 0 bridgehead atoms. The van der Waals surface area contributed by atoms with Gasteiger partial charge >= 0.3 is 5.97 Å². The topological polar surface area (TPSA) is 52.3 Å². The monoisotopic (exact) mass is 233 g/mol. The molecule has 0 saturated heterocycles. The van der Waals surface area contributed by atoms with Gasteiger partial charge in [-0.05, 0) is 30.5 Å². The molecule has 1 unspecified atom stereocenters. The van der Waals surface area contributed by atoms with Crippen LogP contribution in [0.25, 0.3) is 6.08 Å². The maximum absolute atomic E-state index is 11.3. The Hall–Kier alpha value is -1.61. The number of esters is 1. The molecule has 0 saturated carbocycles. The molecule has 1 atom stereocenters. The molecule has 0 spiro atoms. The first-order valence-corrected chi connectivity index (χ1v) is 5.70. The molecule has 1 aromatic rings. The lowest BCUT2D eigenvalue weighted by atomic mass is 10.0. The van der Waals surface area contributed by atoms with Crippen molar-refractivity contribution < 1.29 is 9.53 Å².